The van der Waals surface area contributed by atoms with Crippen molar-refractivity contribution in [3.8, 4) is 0 Å². The number of nitrogens with zero attached hydrogens (tertiary/aromatic N) is 1. The molecule has 2 N–H and O–H groups in total. The predicted octanol–water partition coefficient (Wildman–Crippen LogP) is 3.72. The minimum absolute atomic E-state index is 0. The van der Waals surface area contributed by atoms with Crippen LogP contribution in [-0.2, 0) is 0 Å². The van der Waals surface area contributed by atoms with E-state index in [1.807, 2.05) is 42.5 Å². The summed E-state index contributed by atoms with van der Waals surface area (Å²) in [7, 11) is 0. The van der Waals surface area contributed by atoms with Crippen molar-refractivity contribution in [2.75, 3.05) is 0 Å². The summed E-state index contributed by atoms with van der Waals surface area (Å²) in [5, 5.41) is 1.07. The molecule has 0 spiro atoms. The van der Waals surface area contributed by atoms with Gasteiger partial charge in [0.1, 0.15) is 11.3 Å². The first kappa shape index (κ1) is 15.5. The fourth-order valence-corrected chi connectivity index (χ4v) is 1.88. The smallest absolute Gasteiger partial charge is 0.134 e. The molecule has 0 unspecified atom stereocenters. The third-order valence-corrected chi connectivity index (χ3v) is 2.79. The van der Waals surface area contributed by atoms with Gasteiger partial charge in [-0.3, -0.25) is 4.98 Å². The minimum Gasteiger partial charge on any atom is -0.459 e. The summed E-state index contributed by atoms with van der Waals surface area (Å²) in [5.74, 6) is 0.763. The number of fused-ring (bicyclic) bond motifs is 1. The first-order valence-electron chi connectivity index (χ1n) is 5.48. The Hall–Kier alpha value is -1.55. The summed E-state index contributed by atoms with van der Waals surface area (Å²) < 4.78 is 5.73. The molecule has 1 atom stereocenters. The average molecular weight is 297 g/mol. The summed E-state index contributed by atoms with van der Waals surface area (Å²) in [6.45, 7) is 0. The normalized spacial score (nSPS) is 11.4. The summed E-state index contributed by atoms with van der Waals surface area (Å²) in [6, 6.07) is 13.4. The van der Waals surface area contributed by atoms with E-state index >= 15 is 0 Å². The van der Waals surface area contributed by atoms with Crippen LogP contribution in [0, 0.1) is 0 Å². The molecule has 2 aromatic heterocycles. The topological polar surface area (TPSA) is 52.0 Å². The third-order valence-electron chi connectivity index (χ3n) is 2.79. The molecule has 3 rings (SSSR count). The minimum atomic E-state index is -0.268. The fraction of sp³-hybridized carbons (Fsp3) is 0.0714. The van der Waals surface area contributed by atoms with Gasteiger partial charge in [0.15, 0.2) is 0 Å². The third kappa shape index (κ3) is 3.07. The van der Waals surface area contributed by atoms with Gasteiger partial charge < -0.3 is 10.2 Å². The number of benzene rings is 1. The lowest BCUT2D eigenvalue weighted by Crippen LogP contribution is -2.10. The number of nitrogens with two attached hydrogens (primary N) is 1. The van der Waals surface area contributed by atoms with E-state index in [1.165, 1.54) is 0 Å². The Labute approximate surface area is 123 Å². The van der Waals surface area contributed by atoms with Crippen LogP contribution in [0.3, 0.4) is 0 Å². The number of hydrogen-bond acceptors (Lipinski definition) is 3. The van der Waals surface area contributed by atoms with Crippen molar-refractivity contribution in [1.29, 1.82) is 0 Å². The Kier molecular flexibility index (Phi) is 5.36. The number of para-hydroxylation sites is 1. The van der Waals surface area contributed by atoms with Gasteiger partial charge in [-0.25, -0.2) is 0 Å². The van der Waals surface area contributed by atoms with Crippen molar-refractivity contribution >= 4 is 35.8 Å². The first-order valence-corrected chi connectivity index (χ1v) is 5.48. The molecule has 0 amide bonds. The Morgan fingerprint density at radius 3 is 2.53 bits per heavy atom. The average Bonchev–Trinajstić information content (AvgIpc) is 2.82. The fourth-order valence-electron chi connectivity index (χ4n) is 1.88. The largest absolute Gasteiger partial charge is 0.459 e. The quantitative estimate of drug-likeness (QED) is 0.784. The van der Waals surface area contributed by atoms with Crippen LogP contribution >= 0.6 is 24.8 Å². The molecule has 0 aliphatic carbocycles. The van der Waals surface area contributed by atoms with Gasteiger partial charge in [0.05, 0.1) is 6.04 Å². The van der Waals surface area contributed by atoms with Gasteiger partial charge in [-0.1, -0.05) is 24.3 Å². The second-order valence-corrected chi connectivity index (χ2v) is 3.95. The molecule has 0 aliphatic rings. The van der Waals surface area contributed by atoms with Gasteiger partial charge in [-0.05, 0) is 23.8 Å². The van der Waals surface area contributed by atoms with E-state index in [4.69, 9.17) is 10.2 Å². The molecule has 0 fully saturated rings. The van der Waals surface area contributed by atoms with Gasteiger partial charge >= 0.3 is 0 Å². The Bertz CT molecular complexity index is 607. The second kappa shape index (κ2) is 6.57. The zero-order valence-electron chi connectivity index (χ0n) is 10.0. The summed E-state index contributed by atoms with van der Waals surface area (Å²) in [6.07, 6.45) is 3.49. The maximum Gasteiger partial charge on any atom is 0.134 e. The monoisotopic (exact) mass is 296 g/mol. The number of halogens is 2. The van der Waals surface area contributed by atoms with E-state index in [1.54, 1.807) is 12.4 Å². The highest BCUT2D eigenvalue weighted by molar-refractivity contribution is 5.85. The zero-order valence-corrected chi connectivity index (χ0v) is 11.7. The highest BCUT2D eigenvalue weighted by Crippen LogP contribution is 2.25. The van der Waals surface area contributed by atoms with Crippen LogP contribution in [0.15, 0.2) is 59.3 Å². The summed E-state index contributed by atoms with van der Waals surface area (Å²) in [4.78, 5) is 4.06. The number of hydrogen-bond donors (Lipinski definition) is 1. The van der Waals surface area contributed by atoms with Crippen LogP contribution in [0.5, 0.6) is 0 Å². The van der Waals surface area contributed by atoms with Crippen LogP contribution in [0.4, 0.5) is 0 Å². The first-order chi connectivity index (χ1) is 8.34. The van der Waals surface area contributed by atoms with Crippen LogP contribution in [-0.4, -0.2) is 4.98 Å². The summed E-state index contributed by atoms with van der Waals surface area (Å²) >= 11 is 0. The molecule has 0 saturated carbocycles. The highest BCUT2D eigenvalue weighted by atomic mass is 35.5. The van der Waals surface area contributed by atoms with E-state index in [0.29, 0.717) is 0 Å². The SMILES string of the molecule is Cl.Cl.N[C@H](c1cccnc1)c1cc2ccccc2o1. The standard InChI is InChI=1S/C14H12N2O.2ClH/c15-14(11-5-3-7-16-9-11)13-8-10-4-1-2-6-12(10)17-13;;/h1-9,14H,15H2;2*1H/t14-;;/m1../s1. The Balaban J connectivity index is 0.000000902. The molecule has 0 bridgehead atoms. The number of aromatic nitrogens is 1. The van der Waals surface area contributed by atoms with Crippen molar-refractivity contribution in [3.63, 3.8) is 0 Å². The van der Waals surface area contributed by atoms with Crippen LogP contribution < -0.4 is 5.73 Å². The van der Waals surface area contributed by atoms with Crippen molar-refractivity contribution < 1.29 is 4.42 Å². The van der Waals surface area contributed by atoms with Gasteiger partial charge in [0, 0.05) is 17.8 Å². The molecule has 0 saturated heterocycles. The number of rotatable bonds is 2. The second-order valence-electron chi connectivity index (χ2n) is 3.95. The maximum absolute atomic E-state index is 6.15. The maximum atomic E-state index is 6.15. The Morgan fingerprint density at radius 2 is 1.84 bits per heavy atom. The van der Waals surface area contributed by atoms with Gasteiger partial charge in [-0.15, -0.1) is 24.8 Å². The summed E-state index contributed by atoms with van der Waals surface area (Å²) in [5.41, 5.74) is 7.96. The van der Waals surface area contributed by atoms with E-state index < -0.39 is 0 Å². The molecule has 19 heavy (non-hydrogen) atoms. The molecule has 3 nitrogen and oxygen atoms in total. The highest BCUT2D eigenvalue weighted by Gasteiger charge is 2.13. The van der Waals surface area contributed by atoms with Crippen molar-refractivity contribution in [3.05, 3.63) is 66.2 Å². The van der Waals surface area contributed by atoms with Crippen LogP contribution in [0.25, 0.3) is 11.0 Å². The molecule has 1 aromatic carbocycles. The molecule has 3 aromatic rings. The number of pyridine rings is 1. The lowest BCUT2D eigenvalue weighted by molar-refractivity contribution is 0.524. The molecule has 2 heterocycles. The molecule has 100 valence electrons. The predicted molar refractivity (Wildman–Crippen MR) is 81.0 cm³/mol. The van der Waals surface area contributed by atoms with Crippen molar-refractivity contribution in [1.82, 2.24) is 4.98 Å². The van der Waals surface area contributed by atoms with E-state index in [9.17, 15) is 0 Å². The lowest BCUT2D eigenvalue weighted by atomic mass is 10.1. The lowest BCUT2D eigenvalue weighted by Gasteiger charge is -2.07. The van der Waals surface area contributed by atoms with Crippen molar-refractivity contribution in [2.45, 2.75) is 6.04 Å². The number of furan rings is 1. The molecule has 0 radical (unpaired) electrons. The molecular weight excluding hydrogens is 283 g/mol. The van der Waals surface area contributed by atoms with Crippen LogP contribution in [0.1, 0.15) is 17.4 Å². The zero-order chi connectivity index (χ0) is 11.7. The molecular formula is C14H14Cl2N2O. The molecule has 5 heteroatoms. The van der Waals surface area contributed by atoms with Gasteiger partial charge in [0.25, 0.3) is 0 Å². The Morgan fingerprint density at radius 1 is 1.05 bits per heavy atom. The van der Waals surface area contributed by atoms with Crippen molar-refractivity contribution in [2.24, 2.45) is 5.73 Å². The van der Waals surface area contributed by atoms with Gasteiger partial charge in [-0.2, -0.15) is 0 Å². The van der Waals surface area contributed by atoms with Gasteiger partial charge in [0.2, 0.25) is 0 Å². The molecule has 0 aliphatic heterocycles. The van der Waals surface area contributed by atoms with E-state index in [-0.39, 0.29) is 30.9 Å². The van der Waals surface area contributed by atoms with Crippen LogP contribution in [0.2, 0.25) is 0 Å². The van der Waals surface area contributed by atoms with E-state index in [2.05, 4.69) is 4.98 Å². The van der Waals surface area contributed by atoms with E-state index in [0.717, 1.165) is 22.3 Å².